The van der Waals surface area contributed by atoms with Gasteiger partial charge in [-0.25, -0.2) is 17.5 Å². The van der Waals surface area contributed by atoms with E-state index < -0.39 is 100.0 Å². The van der Waals surface area contributed by atoms with Gasteiger partial charge in [-0.05, 0) is 67.9 Å². The Kier molecular flexibility index (Phi) is 13.6. The first-order valence-electron chi connectivity index (χ1n) is 18.4. The van der Waals surface area contributed by atoms with E-state index >= 15 is 0 Å². The summed E-state index contributed by atoms with van der Waals surface area (Å²) < 4.78 is 66.1. The molecular weight excluding hydrogens is 730 g/mol. The molecule has 13 nitrogen and oxygen atoms in total. The molecule has 1 aromatic carbocycles. The fourth-order valence-corrected chi connectivity index (χ4v) is 7.80. The Balaban J connectivity index is 1.60. The molecule has 300 valence electrons. The second-order valence-electron chi connectivity index (χ2n) is 15.6. The van der Waals surface area contributed by atoms with Gasteiger partial charge in [0.15, 0.2) is 0 Å². The van der Waals surface area contributed by atoms with Gasteiger partial charge in [0.1, 0.15) is 12.1 Å². The van der Waals surface area contributed by atoms with E-state index in [-0.39, 0.29) is 31.3 Å². The number of carbonyl (C=O) groups is 5. The minimum Gasteiger partial charge on any atom is -0.347 e. The van der Waals surface area contributed by atoms with E-state index in [1.807, 2.05) is 45.0 Å². The monoisotopic (exact) mass is 782 g/mol. The normalized spacial score (nSPS) is 20.8. The first-order valence-corrected chi connectivity index (χ1v) is 20.0. The molecule has 5 amide bonds. The van der Waals surface area contributed by atoms with Gasteiger partial charge in [-0.2, -0.15) is 13.2 Å². The fourth-order valence-electron chi connectivity index (χ4n) is 6.98. The fraction of sp³-hybridized carbons (Fsp3) is 0.649. The van der Waals surface area contributed by atoms with Gasteiger partial charge in [-0.3, -0.25) is 19.2 Å². The third-order valence-corrected chi connectivity index (χ3v) is 12.4. The highest BCUT2D eigenvalue weighted by Crippen LogP contribution is 2.33. The summed E-state index contributed by atoms with van der Waals surface area (Å²) in [5, 5.41) is 10.5. The van der Waals surface area contributed by atoms with Crippen molar-refractivity contribution in [2.45, 2.75) is 109 Å². The van der Waals surface area contributed by atoms with Crippen molar-refractivity contribution in [3.8, 4) is 0 Å². The van der Waals surface area contributed by atoms with Gasteiger partial charge in [0.05, 0.1) is 11.8 Å². The van der Waals surface area contributed by atoms with Crippen LogP contribution in [0.1, 0.15) is 70.9 Å². The number of carbonyl (C=O) groups excluding carboxylic acids is 5. The van der Waals surface area contributed by atoms with Crippen LogP contribution in [0.3, 0.4) is 0 Å². The highest BCUT2D eigenvalue weighted by atomic mass is 32.2. The molecule has 1 saturated carbocycles. The van der Waals surface area contributed by atoms with Crippen LogP contribution in [-0.2, 0) is 42.0 Å². The molecule has 1 saturated heterocycles. The number of likely N-dealkylation sites (tertiary alicyclic amines) is 1. The van der Waals surface area contributed by atoms with Crippen molar-refractivity contribution in [2.75, 3.05) is 25.9 Å². The van der Waals surface area contributed by atoms with E-state index in [0.29, 0.717) is 25.7 Å². The molecule has 0 aromatic heterocycles. The molecule has 0 radical (unpaired) electrons. The lowest BCUT2D eigenvalue weighted by atomic mass is 9.86. The molecule has 3 aliphatic rings. The van der Waals surface area contributed by atoms with E-state index in [1.54, 1.807) is 0 Å². The summed E-state index contributed by atoms with van der Waals surface area (Å²) in [6.07, 6.45) is -3.14. The van der Waals surface area contributed by atoms with Crippen molar-refractivity contribution in [1.29, 1.82) is 0 Å². The lowest BCUT2D eigenvalue weighted by Gasteiger charge is -2.36. The number of benzene rings is 1. The Morgan fingerprint density at radius 1 is 1.00 bits per heavy atom. The summed E-state index contributed by atoms with van der Waals surface area (Å²) in [6, 6.07) is 1.64. The molecule has 4 N–H and O–H groups in total. The maximum atomic E-state index is 14.6. The molecule has 0 spiro atoms. The van der Waals surface area contributed by atoms with Crippen molar-refractivity contribution in [1.82, 2.24) is 30.5 Å². The van der Waals surface area contributed by atoms with Gasteiger partial charge in [0.2, 0.25) is 27.6 Å². The van der Waals surface area contributed by atoms with E-state index in [2.05, 4.69) is 27.8 Å². The first kappa shape index (κ1) is 42.7. The van der Waals surface area contributed by atoms with Gasteiger partial charge >= 0.3 is 12.2 Å². The van der Waals surface area contributed by atoms with Gasteiger partial charge < -0.3 is 26.2 Å². The second kappa shape index (κ2) is 17.2. The third kappa shape index (κ3) is 11.0. The Labute approximate surface area is 315 Å². The summed E-state index contributed by atoms with van der Waals surface area (Å²) in [7, 11) is -2.15. The number of halogens is 3. The molecule has 5 atom stereocenters. The van der Waals surface area contributed by atoms with Crippen LogP contribution in [0.4, 0.5) is 18.0 Å². The number of amides is 5. The number of Topliss-reactive ketones (excluding diaryl/α,β-unsaturated/α-hetero) is 1. The number of rotatable bonds is 16. The lowest BCUT2D eigenvalue weighted by Crippen LogP contribution is -2.61. The highest BCUT2D eigenvalue weighted by Gasteiger charge is 2.47. The number of nitrogens with zero attached hydrogens (tertiary/aromatic N) is 2. The lowest BCUT2D eigenvalue weighted by molar-refractivity contribution is -0.147. The molecule has 1 unspecified atom stereocenters. The molecule has 2 aliphatic carbocycles. The highest BCUT2D eigenvalue weighted by molar-refractivity contribution is 7.89. The van der Waals surface area contributed by atoms with Gasteiger partial charge in [-0.15, -0.1) is 6.58 Å². The largest absolute Gasteiger partial charge is 0.389 e. The summed E-state index contributed by atoms with van der Waals surface area (Å²) in [5.41, 5.74) is 1.36. The standard InChI is InChI=1S/C37H53F3N6O7S/c1-7-22-16-18-46(30(22)32(48)42-27(15-17-37(38,39)40)31(47)33(49)41-26-13-14-26)34(50)29(25-19-23-11-9-10-12-24(23)20-25)44-35(51)43-28(36(3,4)5)21-45(6)54(52,53)8-2/h7,9-12,22,25-30H,1,8,13-21H2,2-6H3,(H,41,49)(H,42,48)(H2,43,44,51)/t22-,27?,28+,29-,30-/m0/s1. The topological polar surface area (TPSA) is 174 Å². The zero-order valence-corrected chi connectivity index (χ0v) is 32.3. The Bertz CT molecular complexity index is 1670. The summed E-state index contributed by atoms with van der Waals surface area (Å²) in [4.78, 5) is 69.3. The Morgan fingerprint density at radius 3 is 2.13 bits per heavy atom. The number of fused-ring (bicyclic) bond motifs is 1. The second-order valence-corrected chi connectivity index (χ2v) is 18.0. The van der Waals surface area contributed by atoms with Crippen LogP contribution in [0.25, 0.3) is 0 Å². The van der Waals surface area contributed by atoms with Crippen molar-refractivity contribution < 1.29 is 45.6 Å². The molecule has 1 heterocycles. The molecule has 0 bridgehead atoms. The minimum absolute atomic E-state index is 0.0388. The molecule has 4 rings (SSSR count). The maximum Gasteiger partial charge on any atom is 0.389 e. The number of nitrogens with one attached hydrogen (secondary N) is 4. The van der Waals surface area contributed by atoms with Crippen LogP contribution >= 0.6 is 0 Å². The van der Waals surface area contributed by atoms with Gasteiger partial charge in [0, 0.05) is 44.6 Å². The smallest absolute Gasteiger partial charge is 0.347 e. The zero-order chi connectivity index (χ0) is 40.2. The molecular formula is C37H53F3N6O7S. The number of sulfonamides is 1. The quantitative estimate of drug-likeness (QED) is 0.147. The number of hydrogen-bond acceptors (Lipinski definition) is 7. The average Bonchev–Trinajstić information content (AvgIpc) is 3.63. The van der Waals surface area contributed by atoms with Crippen molar-refractivity contribution in [3.63, 3.8) is 0 Å². The van der Waals surface area contributed by atoms with Crippen LogP contribution in [0.2, 0.25) is 0 Å². The molecule has 17 heteroatoms. The Morgan fingerprint density at radius 2 is 1.61 bits per heavy atom. The third-order valence-electron chi connectivity index (χ3n) is 10.5. The van der Waals surface area contributed by atoms with E-state index in [0.717, 1.165) is 11.1 Å². The molecule has 1 aromatic rings. The van der Waals surface area contributed by atoms with Crippen molar-refractivity contribution in [2.24, 2.45) is 17.3 Å². The van der Waals surface area contributed by atoms with E-state index in [9.17, 15) is 45.6 Å². The first-order chi connectivity index (χ1) is 25.1. The van der Waals surface area contributed by atoms with Crippen LogP contribution < -0.4 is 21.3 Å². The number of alkyl halides is 3. The number of hydrogen-bond donors (Lipinski definition) is 4. The number of likely N-dealkylation sites (N-methyl/N-ethyl adjacent to an activating group) is 1. The minimum atomic E-state index is -4.67. The van der Waals surface area contributed by atoms with Crippen molar-refractivity contribution >= 4 is 39.6 Å². The summed E-state index contributed by atoms with van der Waals surface area (Å²) >= 11 is 0. The summed E-state index contributed by atoms with van der Waals surface area (Å²) in [6.45, 7) is 10.8. The van der Waals surface area contributed by atoms with Crippen LogP contribution in [0.15, 0.2) is 36.9 Å². The number of urea groups is 1. The SMILES string of the molecule is C=C[C@H]1CCN(C(=O)[C@@H](NC(=O)N[C@H](CN(C)S(=O)(=O)CC)C(C)(C)C)C2Cc3ccccc3C2)[C@@H]1C(=O)NC(CCC(F)(F)F)C(=O)C(=O)NC1CC1. The predicted molar refractivity (Wildman–Crippen MR) is 195 cm³/mol. The maximum absolute atomic E-state index is 14.6. The molecule has 1 aliphatic heterocycles. The summed E-state index contributed by atoms with van der Waals surface area (Å²) in [5.74, 6) is -5.07. The predicted octanol–water partition coefficient (Wildman–Crippen LogP) is 2.84. The molecule has 54 heavy (non-hydrogen) atoms. The van der Waals surface area contributed by atoms with Crippen LogP contribution in [-0.4, -0.2) is 109 Å². The van der Waals surface area contributed by atoms with Gasteiger partial charge in [0.25, 0.3) is 5.91 Å². The molecule has 2 fully saturated rings. The average molecular weight is 783 g/mol. The zero-order valence-electron chi connectivity index (χ0n) is 31.5. The van der Waals surface area contributed by atoms with Crippen LogP contribution in [0.5, 0.6) is 0 Å². The van der Waals surface area contributed by atoms with E-state index in [4.69, 9.17) is 0 Å². The number of ketones is 1. The Hall–Kier alpha value is -3.99. The van der Waals surface area contributed by atoms with Gasteiger partial charge in [-0.1, -0.05) is 51.1 Å². The van der Waals surface area contributed by atoms with Crippen molar-refractivity contribution in [3.05, 3.63) is 48.0 Å². The van der Waals surface area contributed by atoms with E-state index in [1.165, 1.54) is 29.3 Å². The van der Waals surface area contributed by atoms with Crippen LogP contribution in [0, 0.1) is 17.3 Å².